The predicted molar refractivity (Wildman–Crippen MR) is 140 cm³/mol. The number of benzene rings is 4. The highest BCUT2D eigenvalue weighted by Gasteiger charge is 2.48. The van der Waals surface area contributed by atoms with Gasteiger partial charge in [-0.25, -0.2) is 0 Å². The van der Waals surface area contributed by atoms with Crippen molar-refractivity contribution in [1.29, 1.82) is 0 Å². The first-order valence-electron chi connectivity index (χ1n) is 9.96. The van der Waals surface area contributed by atoms with Gasteiger partial charge in [-0.15, -0.1) is 0 Å². The van der Waals surface area contributed by atoms with E-state index < -0.39 is 8.78 Å². The van der Waals surface area contributed by atoms with E-state index >= 15 is 0 Å². The lowest BCUT2D eigenvalue weighted by Gasteiger charge is -2.37. The van der Waals surface area contributed by atoms with Crippen molar-refractivity contribution >= 4 is 58.2 Å². The first-order valence-corrected chi connectivity index (χ1v) is 12.3. The van der Waals surface area contributed by atoms with Crippen LogP contribution in [-0.4, -0.2) is 0 Å². The van der Waals surface area contributed by atoms with Crippen molar-refractivity contribution in [2.75, 3.05) is 0 Å². The number of para-hydroxylation sites is 2. The second kappa shape index (κ2) is 10.5. The molecule has 2 atom stereocenters. The lowest BCUT2D eigenvalue weighted by atomic mass is 10.2. The number of thioether (sulfide) groups is 1. The zero-order chi connectivity index (χ0) is 23.3. The maximum Gasteiger partial charge on any atom is 0.262 e. The van der Waals surface area contributed by atoms with Gasteiger partial charge in [0.25, 0.3) is 8.78 Å². The van der Waals surface area contributed by atoms with Crippen LogP contribution in [0.1, 0.15) is 11.1 Å². The van der Waals surface area contributed by atoms with E-state index in [9.17, 15) is 0 Å². The van der Waals surface area contributed by atoms with Crippen molar-refractivity contribution in [1.82, 2.24) is 0 Å². The third-order valence-electron chi connectivity index (χ3n) is 4.64. The molecule has 0 heterocycles. The fourth-order valence-corrected chi connectivity index (χ4v) is 6.33. The van der Waals surface area contributed by atoms with Crippen LogP contribution in [0.15, 0.2) is 109 Å². The molecule has 0 aromatic heterocycles. The van der Waals surface area contributed by atoms with Crippen LogP contribution in [0.25, 0.3) is 0 Å². The Kier molecular flexibility index (Phi) is 7.68. The van der Waals surface area contributed by atoms with E-state index in [0.717, 1.165) is 11.8 Å². The van der Waals surface area contributed by atoms with Crippen LogP contribution in [0.3, 0.4) is 0 Å². The molecule has 4 aromatic rings. The number of alkyl halides is 2. The molecule has 2 nitrogen and oxygen atoms in total. The highest BCUT2D eigenvalue weighted by atomic mass is 35.5. The van der Waals surface area contributed by atoms with E-state index in [1.165, 1.54) is 0 Å². The average molecular weight is 536 g/mol. The summed E-state index contributed by atoms with van der Waals surface area (Å²) in [5, 5.41) is 0.850. The molecule has 0 saturated heterocycles. The molecule has 2 unspecified atom stereocenters. The number of hydrogen-bond acceptors (Lipinski definition) is 3. The van der Waals surface area contributed by atoms with Gasteiger partial charge in [0.05, 0.1) is 10.0 Å². The summed E-state index contributed by atoms with van der Waals surface area (Å²) in [4.78, 5) is 0. The van der Waals surface area contributed by atoms with E-state index in [0.29, 0.717) is 32.7 Å². The first-order chi connectivity index (χ1) is 15.9. The zero-order valence-corrected chi connectivity index (χ0v) is 21.0. The Bertz CT molecular complexity index is 1110. The van der Waals surface area contributed by atoms with Crippen molar-refractivity contribution in [2.24, 2.45) is 0 Å². The Morgan fingerprint density at radius 1 is 0.485 bits per heavy atom. The van der Waals surface area contributed by atoms with Crippen LogP contribution in [0.2, 0.25) is 10.0 Å². The Morgan fingerprint density at radius 3 is 1.18 bits per heavy atom. The van der Waals surface area contributed by atoms with Gasteiger partial charge >= 0.3 is 0 Å². The predicted octanol–water partition coefficient (Wildman–Crippen LogP) is 9.28. The molecule has 168 valence electrons. The second-order valence-corrected chi connectivity index (χ2v) is 10.6. The van der Waals surface area contributed by atoms with E-state index in [1.807, 2.05) is 60.7 Å². The molecular formula is C26H18Cl4O2S. The molecule has 0 N–H and O–H groups in total. The molecule has 0 aliphatic carbocycles. The number of halogens is 4. The maximum atomic E-state index is 7.21. The zero-order valence-electron chi connectivity index (χ0n) is 17.1. The molecule has 0 aliphatic heterocycles. The van der Waals surface area contributed by atoms with Gasteiger partial charge in [-0.1, -0.05) is 119 Å². The normalized spacial score (nSPS) is 14.7. The minimum atomic E-state index is -1.56. The van der Waals surface area contributed by atoms with Gasteiger partial charge in [-0.2, -0.15) is 0 Å². The number of ether oxygens (including phenoxy) is 2. The Morgan fingerprint density at radius 2 is 0.818 bits per heavy atom. The third kappa shape index (κ3) is 5.74. The summed E-state index contributed by atoms with van der Waals surface area (Å²) in [6.45, 7) is 0. The minimum Gasteiger partial charge on any atom is -0.458 e. The molecular weight excluding hydrogens is 518 g/mol. The van der Waals surface area contributed by atoms with Gasteiger partial charge in [-0.3, -0.25) is 0 Å². The average Bonchev–Trinajstić information content (AvgIpc) is 2.80. The van der Waals surface area contributed by atoms with Crippen LogP contribution >= 0.6 is 58.2 Å². The van der Waals surface area contributed by atoms with Gasteiger partial charge in [0.15, 0.2) is 0 Å². The summed E-state index contributed by atoms with van der Waals surface area (Å²) in [6.07, 6.45) is 0. The van der Waals surface area contributed by atoms with Crippen LogP contribution in [0.5, 0.6) is 11.5 Å². The molecule has 33 heavy (non-hydrogen) atoms. The lowest BCUT2D eigenvalue weighted by Crippen LogP contribution is -2.33. The fraction of sp³-hybridized carbons (Fsp3) is 0.0769. The van der Waals surface area contributed by atoms with Crippen LogP contribution in [0.4, 0.5) is 0 Å². The number of rotatable bonds is 8. The van der Waals surface area contributed by atoms with E-state index in [1.54, 1.807) is 48.5 Å². The van der Waals surface area contributed by atoms with Crippen molar-refractivity contribution in [2.45, 2.75) is 8.78 Å². The highest BCUT2D eigenvalue weighted by Crippen LogP contribution is 2.57. The van der Waals surface area contributed by atoms with E-state index in [2.05, 4.69) is 0 Å². The second-order valence-electron chi connectivity index (χ2n) is 6.96. The molecule has 0 amide bonds. The van der Waals surface area contributed by atoms with Crippen molar-refractivity contribution in [3.63, 3.8) is 0 Å². The molecule has 0 fully saturated rings. The van der Waals surface area contributed by atoms with Crippen molar-refractivity contribution in [3.05, 3.63) is 130 Å². The largest absolute Gasteiger partial charge is 0.458 e. The van der Waals surface area contributed by atoms with E-state index in [-0.39, 0.29) is 0 Å². The van der Waals surface area contributed by atoms with Gasteiger partial charge < -0.3 is 9.47 Å². The summed E-state index contributed by atoms with van der Waals surface area (Å²) in [7, 11) is 0. The fourth-order valence-electron chi connectivity index (χ4n) is 3.12. The third-order valence-corrected chi connectivity index (χ3v) is 7.45. The molecule has 4 rings (SSSR count). The lowest BCUT2D eigenvalue weighted by molar-refractivity contribution is 0.223. The quantitative estimate of drug-likeness (QED) is 0.165. The SMILES string of the molecule is Clc1ccccc1C(Cl)(Oc1ccccc1)SC(Cl)(Oc1ccccc1)c1ccccc1Cl. The van der Waals surface area contributed by atoms with Gasteiger partial charge in [0, 0.05) is 11.1 Å². The first kappa shape index (κ1) is 24.1. The Labute approximate surface area is 217 Å². The van der Waals surface area contributed by atoms with Crippen molar-refractivity contribution < 1.29 is 9.47 Å². The smallest absolute Gasteiger partial charge is 0.262 e. The summed E-state index contributed by atoms with van der Waals surface area (Å²) in [6, 6.07) is 32.8. The van der Waals surface area contributed by atoms with Crippen LogP contribution in [-0.2, 0) is 8.78 Å². The maximum absolute atomic E-state index is 7.21. The van der Waals surface area contributed by atoms with Gasteiger partial charge in [0.1, 0.15) is 11.5 Å². The number of hydrogen-bond donors (Lipinski definition) is 0. The summed E-state index contributed by atoms with van der Waals surface area (Å²) in [5.74, 6) is 1.08. The topological polar surface area (TPSA) is 18.5 Å². The van der Waals surface area contributed by atoms with Gasteiger partial charge in [-0.05, 0) is 48.2 Å². The molecule has 0 aliphatic rings. The molecule has 0 bridgehead atoms. The summed E-state index contributed by atoms with van der Waals surface area (Å²) < 4.78 is 9.48. The highest BCUT2D eigenvalue weighted by molar-refractivity contribution is 8.03. The van der Waals surface area contributed by atoms with Gasteiger partial charge in [0.2, 0.25) is 0 Å². The molecule has 0 saturated carbocycles. The molecule has 0 radical (unpaired) electrons. The standard InChI is InChI=1S/C26H18Cl4O2S/c27-23-17-9-7-15-21(23)25(29,31-19-11-3-1-4-12-19)33-26(30,22-16-8-10-18-24(22)28)32-20-13-5-2-6-14-20/h1-18H. The van der Waals surface area contributed by atoms with Crippen LogP contribution < -0.4 is 9.47 Å². The van der Waals surface area contributed by atoms with Crippen LogP contribution in [0, 0.1) is 0 Å². The minimum absolute atomic E-state index is 0.425. The molecule has 7 heteroatoms. The summed E-state index contributed by atoms with van der Waals surface area (Å²) in [5.41, 5.74) is 1.05. The Balaban J connectivity index is 1.83. The van der Waals surface area contributed by atoms with E-state index in [4.69, 9.17) is 55.9 Å². The summed E-state index contributed by atoms with van der Waals surface area (Å²) >= 11 is 28.6. The molecule has 0 spiro atoms. The monoisotopic (exact) mass is 534 g/mol. The Hall–Kier alpha value is -2.01. The molecule has 4 aromatic carbocycles. The van der Waals surface area contributed by atoms with Crippen molar-refractivity contribution in [3.8, 4) is 11.5 Å².